The van der Waals surface area contributed by atoms with Crippen molar-refractivity contribution in [2.45, 2.75) is 19.4 Å². The Hall–Kier alpha value is -1.17. The Morgan fingerprint density at radius 3 is 3.07 bits per heavy atom. The first-order valence-electron chi connectivity index (χ1n) is 4.84. The average molecular weight is 197 g/mol. The van der Waals surface area contributed by atoms with Gasteiger partial charge in [0.1, 0.15) is 0 Å². The van der Waals surface area contributed by atoms with Gasteiger partial charge in [0, 0.05) is 25.6 Å². The van der Waals surface area contributed by atoms with Crippen molar-refractivity contribution in [1.82, 2.24) is 20.2 Å². The SMILES string of the molecule is CC(Nc1nnnn1C)C1CCOC1. The van der Waals surface area contributed by atoms with Crippen LogP contribution < -0.4 is 5.32 Å². The van der Waals surface area contributed by atoms with Gasteiger partial charge in [0.25, 0.3) is 0 Å². The van der Waals surface area contributed by atoms with E-state index in [0.717, 1.165) is 19.6 Å². The molecule has 0 bridgehead atoms. The highest BCUT2D eigenvalue weighted by atomic mass is 16.5. The molecule has 78 valence electrons. The Morgan fingerprint density at radius 1 is 1.64 bits per heavy atom. The largest absolute Gasteiger partial charge is 0.381 e. The van der Waals surface area contributed by atoms with Crippen molar-refractivity contribution in [3.63, 3.8) is 0 Å². The van der Waals surface area contributed by atoms with Gasteiger partial charge in [-0.25, -0.2) is 4.68 Å². The zero-order valence-electron chi connectivity index (χ0n) is 8.47. The minimum atomic E-state index is 0.349. The van der Waals surface area contributed by atoms with E-state index in [0.29, 0.717) is 17.9 Å². The molecule has 14 heavy (non-hydrogen) atoms. The molecule has 1 saturated heterocycles. The fraction of sp³-hybridized carbons (Fsp3) is 0.875. The molecule has 0 amide bonds. The number of ether oxygens (including phenoxy) is 1. The first-order valence-corrected chi connectivity index (χ1v) is 4.84. The van der Waals surface area contributed by atoms with E-state index in [2.05, 4.69) is 27.8 Å². The molecule has 0 aromatic carbocycles. The van der Waals surface area contributed by atoms with Gasteiger partial charge >= 0.3 is 0 Å². The van der Waals surface area contributed by atoms with Crippen molar-refractivity contribution in [3.05, 3.63) is 0 Å². The van der Waals surface area contributed by atoms with E-state index in [1.807, 2.05) is 7.05 Å². The van der Waals surface area contributed by atoms with Crippen LogP contribution in [0.15, 0.2) is 0 Å². The minimum absolute atomic E-state index is 0.349. The Labute approximate surface area is 82.6 Å². The second-order valence-corrected chi connectivity index (χ2v) is 3.68. The van der Waals surface area contributed by atoms with E-state index in [1.165, 1.54) is 0 Å². The van der Waals surface area contributed by atoms with Crippen molar-refractivity contribution in [1.29, 1.82) is 0 Å². The van der Waals surface area contributed by atoms with E-state index in [9.17, 15) is 0 Å². The third-order valence-electron chi connectivity index (χ3n) is 2.65. The maximum absolute atomic E-state index is 5.33. The molecule has 0 spiro atoms. The van der Waals surface area contributed by atoms with Crippen molar-refractivity contribution in [2.75, 3.05) is 18.5 Å². The van der Waals surface area contributed by atoms with E-state index in [-0.39, 0.29) is 0 Å². The molecule has 2 atom stereocenters. The number of rotatable bonds is 3. The van der Waals surface area contributed by atoms with Crippen molar-refractivity contribution < 1.29 is 4.74 Å². The molecule has 1 N–H and O–H groups in total. The van der Waals surface area contributed by atoms with E-state index in [4.69, 9.17) is 4.74 Å². The fourth-order valence-electron chi connectivity index (χ4n) is 1.62. The van der Waals surface area contributed by atoms with Gasteiger partial charge in [-0.15, -0.1) is 0 Å². The molecule has 6 heteroatoms. The smallest absolute Gasteiger partial charge is 0.242 e. The molecular weight excluding hydrogens is 182 g/mol. The number of tetrazole rings is 1. The maximum atomic E-state index is 5.33. The molecule has 2 rings (SSSR count). The summed E-state index contributed by atoms with van der Waals surface area (Å²) in [7, 11) is 1.82. The number of hydrogen-bond donors (Lipinski definition) is 1. The van der Waals surface area contributed by atoms with Crippen molar-refractivity contribution >= 4 is 5.95 Å². The molecule has 6 nitrogen and oxygen atoms in total. The molecule has 0 saturated carbocycles. The van der Waals surface area contributed by atoms with E-state index >= 15 is 0 Å². The molecule has 2 unspecified atom stereocenters. The van der Waals surface area contributed by atoms with E-state index in [1.54, 1.807) is 4.68 Å². The first kappa shape index (κ1) is 9.39. The summed E-state index contributed by atoms with van der Waals surface area (Å²) < 4.78 is 6.96. The minimum Gasteiger partial charge on any atom is -0.381 e. The average Bonchev–Trinajstić information content (AvgIpc) is 2.77. The predicted octanol–water partition coefficient (Wildman–Crippen LogP) is 0.0470. The zero-order valence-corrected chi connectivity index (χ0v) is 8.47. The van der Waals surface area contributed by atoms with Crippen LogP contribution in [-0.4, -0.2) is 39.5 Å². The van der Waals surface area contributed by atoms with Crippen molar-refractivity contribution in [3.8, 4) is 0 Å². The first-order chi connectivity index (χ1) is 6.77. The fourth-order valence-corrected chi connectivity index (χ4v) is 1.62. The summed E-state index contributed by atoms with van der Waals surface area (Å²) in [6, 6.07) is 0.349. The lowest BCUT2D eigenvalue weighted by atomic mass is 10.0. The Bertz CT molecular complexity index is 294. The highest BCUT2D eigenvalue weighted by Crippen LogP contribution is 2.18. The molecular formula is C8H15N5O. The van der Waals surface area contributed by atoms with Gasteiger partial charge in [-0.1, -0.05) is 5.10 Å². The summed E-state index contributed by atoms with van der Waals surface area (Å²) >= 11 is 0. The third kappa shape index (κ3) is 1.84. The van der Waals surface area contributed by atoms with Crippen LogP contribution in [0, 0.1) is 5.92 Å². The monoisotopic (exact) mass is 197 g/mol. The lowest BCUT2D eigenvalue weighted by Gasteiger charge is -2.18. The summed E-state index contributed by atoms with van der Waals surface area (Å²) in [4.78, 5) is 0. The molecule has 1 aliphatic rings. The topological polar surface area (TPSA) is 64.9 Å². The number of hydrogen-bond acceptors (Lipinski definition) is 5. The van der Waals surface area contributed by atoms with Gasteiger partial charge in [0.05, 0.1) is 6.61 Å². The normalized spacial score (nSPS) is 23.7. The van der Waals surface area contributed by atoms with Gasteiger partial charge in [-0.2, -0.15) is 0 Å². The zero-order chi connectivity index (χ0) is 9.97. The number of aryl methyl sites for hydroxylation is 1. The van der Waals surface area contributed by atoms with Crippen LogP contribution in [0.25, 0.3) is 0 Å². The second kappa shape index (κ2) is 3.91. The van der Waals surface area contributed by atoms with Gasteiger partial charge in [-0.3, -0.25) is 0 Å². The number of anilines is 1. The predicted molar refractivity (Wildman–Crippen MR) is 50.8 cm³/mol. The lowest BCUT2D eigenvalue weighted by Crippen LogP contribution is -2.27. The van der Waals surface area contributed by atoms with Gasteiger partial charge in [0.2, 0.25) is 5.95 Å². The standard InChI is InChI=1S/C8H15N5O/c1-6(7-3-4-14-5-7)9-8-10-11-12-13(8)2/h6-7H,3-5H2,1-2H3,(H,9,10,12). The summed E-state index contributed by atoms with van der Waals surface area (Å²) in [5, 5.41) is 14.5. The van der Waals surface area contributed by atoms with Crippen LogP contribution in [0.2, 0.25) is 0 Å². The molecule has 0 radical (unpaired) electrons. The van der Waals surface area contributed by atoms with Gasteiger partial charge < -0.3 is 10.1 Å². The molecule has 1 aromatic heterocycles. The Balaban J connectivity index is 1.93. The van der Waals surface area contributed by atoms with Crippen LogP contribution in [0.5, 0.6) is 0 Å². The van der Waals surface area contributed by atoms with Crippen LogP contribution in [-0.2, 0) is 11.8 Å². The van der Waals surface area contributed by atoms with Crippen LogP contribution in [0.4, 0.5) is 5.95 Å². The van der Waals surface area contributed by atoms with E-state index < -0.39 is 0 Å². The molecule has 1 aliphatic heterocycles. The molecule has 2 heterocycles. The quantitative estimate of drug-likeness (QED) is 0.741. The maximum Gasteiger partial charge on any atom is 0.242 e. The number of nitrogens with zero attached hydrogens (tertiary/aromatic N) is 4. The second-order valence-electron chi connectivity index (χ2n) is 3.68. The number of aromatic nitrogens is 4. The van der Waals surface area contributed by atoms with Gasteiger partial charge in [0.15, 0.2) is 0 Å². The van der Waals surface area contributed by atoms with Crippen LogP contribution in [0.1, 0.15) is 13.3 Å². The van der Waals surface area contributed by atoms with Gasteiger partial charge in [-0.05, 0) is 23.8 Å². The summed E-state index contributed by atoms with van der Waals surface area (Å²) in [5.74, 6) is 1.27. The highest BCUT2D eigenvalue weighted by molar-refractivity contribution is 5.23. The summed E-state index contributed by atoms with van der Waals surface area (Å²) in [6.07, 6.45) is 1.11. The van der Waals surface area contributed by atoms with Crippen LogP contribution >= 0.6 is 0 Å². The molecule has 0 aliphatic carbocycles. The van der Waals surface area contributed by atoms with Crippen LogP contribution in [0.3, 0.4) is 0 Å². The number of nitrogens with one attached hydrogen (secondary N) is 1. The molecule has 1 fully saturated rings. The van der Waals surface area contributed by atoms with Crippen molar-refractivity contribution in [2.24, 2.45) is 13.0 Å². The lowest BCUT2D eigenvalue weighted by molar-refractivity contribution is 0.183. The Morgan fingerprint density at radius 2 is 2.50 bits per heavy atom. The third-order valence-corrected chi connectivity index (χ3v) is 2.65. The molecule has 1 aromatic rings. The highest BCUT2D eigenvalue weighted by Gasteiger charge is 2.23. The summed E-state index contributed by atoms with van der Waals surface area (Å²) in [5.41, 5.74) is 0. The summed E-state index contributed by atoms with van der Waals surface area (Å²) in [6.45, 7) is 3.83. The Kier molecular flexibility index (Phi) is 2.62.